The van der Waals surface area contributed by atoms with Crippen molar-refractivity contribution in [3.63, 3.8) is 0 Å². The molecule has 0 radical (unpaired) electrons. The van der Waals surface area contributed by atoms with E-state index < -0.39 is 98.7 Å². The van der Waals surface area contributed by atoms with Crippen LogP contribution in [0.2, 0.25) is 0 Å². The second kappa shape index (κ2) is 38.4. The number of para-hydroxylation sites is 1. The predicted molar refractivity (Wildman–Crippen MR) is 455 cm³/mol. The van der Waals surface area contributed by atoms with Crippen LogP contribution in [-0.2, 0) is 66.8 Å². The Morgan fingerprint density at radius 3 is 2.35 bits per heavy atom. The number of rotatable bonds is 38. The molecule has 6 aromatic rings. The molecule has 17 N–H and O–H groups in total. The number of nitrogens with two attached hydrogens (primary N) is 3. The summed E-state index contributed by atoms with van der Waals surface area (Å²) in [5.41, 5.74) is 21.3. The molecule has 34 nitrogen and oxygen atoms in total. The number of carbonyl (C=O) groups is 9. The van der Waals surface area contributed by atoms with Gasteiger partial charge in [0.2, 0.25) is 17.8 Å². The van der Waals surface area contributed by atoms with Crippen molar-refractivity contribution in [1.29, 1.82) is 0 Å². The number of fused-ring (bicyclic) bond motifs is 7. The van der Waals surface area contributed by atoms with Crippen molar-refractivity contribution in [2.45, 2.75) is 196 Å². The minimum Gasteiger partial charge on any atom is -0.496 e. The number of nitrogens with zero attached hydrogens (tertiary/aromatic N) is 7. The number of benzene rings is 3. The first-order chi connectivity index (χ1) is 57.5. The van der Waals surface area contributed by atoms with Crippen molar-refractivity contribution in [1.82, 2.24) is 61.5 Å². The van der Waals surface area contributed by atoms with Crippen LogP contribution in [0.4, 0.5) is 22.1 Å². The van der Waals surface area contributed by atoms with E-state index in [4.69, 9.17) is 31.4 Å². The van der Waals surface area contributed by atoms with Crippen molar-refractivity contribution >= 4 is 120 Å². The van der Waals surface area contributed by atoms with Gasteiger partial charge in [0, 0.05) is 151 Å². The summed E-state index contributed by atoms with van der Waals surface area (Å²) in [6, 6.07) is 15.6. The van der Waals surface area contributed by atoms with Crippen LogP contribution in [0.1, 0.15) is 169 Å². The predicted octanol–water partition coefficient (Wildman–Crippen LogP) is 4.62. The Hall–Kier alpha value is -9.98. The van der Waals surface area contributed by atoms with Crippen LogP contribution in [0.15, 0.2) is 76.6 Å². The maximum absolute atomic E-state index is 15.3. The zero-order chi connectivity index (χ0) is 86.0. The van der Waals surface area contributed by atoms with E-state index in [1.807, 2.05) is 44.0 Å². The van der Waals surface area contributed by atoms with Gasteiger partial charge in [-0.15, -0.1) is 0 Å². The molecule has 4 fully saturated rings. The van der Waals surface area contributed by atoms with Gasteiger partial charge in [-0.25, -0.2) is 20.2 Å². The van der Waals surface area contributed by atoms with Crippen LogP contribution in [0.5, 0.6) is 5.75 Å². The summed E-state index contributed by atoms with van der Waals surface area (Å²) in [7, 11) is 6.26. The number of anilines is 3. The fourth-order valence-electron chi connectivity index (χ4n) is 19.8. The molecule has 1 saturated carbocycles. The number of H-pyrrole nitrogens is 2. The number of nitrogen functional groups attached to an aromatic ring is 1. The smallest absolute Gasteiger partial charge is 0.426 e. The molecule has 6 aliphatic rings. The van der Waals surface area contributed by atoms with Crippen LogP contribution in [-0.4, -0.2) is 236 Å². The van der Waals surface area contributed by atoms with Gasteiger partial charge in [0.25, 0.3) is 23.8 Å². The molecule has 5 amide bonds. The maximum Gasteiger partial charge on any atom is 0.426 e. The first-order valence-electron chi connectivity index (χ1n) is 41.5. The van der Waals surface area contributed by atoms with Gasteiger partial charge in [0.05, 0.1) is 54.7 Å². The Morgan fingerprint density at radius 2 is 1.60 bits per heavy atom. The summed E-state index contributed by atoms with van der Waals surface area (Å²) in [5, 5.41) is 51.5. The van der Waals surface area contributed by atoms with Crippen LogP contribution >= 0.6 is 21.6 Å². The number of methoxy groups -OCH3 is 1. The van der Waals surface area contributed by atoms with Crippen molar-refractivity contribution in [2.75, 3.05) is 101 Å². The summed E-state index contributed by atoms with van der Waals surface area (Å²) in [6.45, 7) is 12.9. The number of aliphatic imine (C=N–C) groups is 1. The Balaban J connectivity index is 0.591. The van der Waals surface area contributed by atoms with Crippen LogP contribution in [0, 0.1) is 23.2 Å². The highest BCUT2D eigenvalue weighted by atomic mass is 33.1. The van der Waals surface area contributed by atoms with Crippen molar-refractivity contribution < 1.29 is 72.7 Å². The fraction of sp³-hybridized carbons (Fsp3) is 0.571. The average Bonchev–Trinajstić information content (AvgIpc) is 1.47. The highest BCUT2D eigenvalue weighted by Crippen LogP contribution is 2.68. The van der Waals surface area contributed by atoms with E-state index in [1.165, 1.54) is 27.8 Å². The standard InChI is InChI=1S/C84H114N18O16S2/c1-8-80(114)40-51-41-82(46-117-47-103,67-57(25-31-101(44-51)45-80)56-17-10-11-18-60(56)94-67)59-38-58-62(39-65(59)116-7)100(6)74-83(58)27-32-102-30-15-26-81(9-2,73(83)102)75(111)84(74,115)76(112)98-99-79(113)118-33-35-120-119-34-14-20-63(105)50(5)92-69(107)49(4)37-64(106)61(19-13-29-89-77(85)86)95-70(108)48(3)36-55(104)16-12-28-88-71(109)52-21-23-53(24-22-52)90-42-54-43-91-68-66(93-54)72(110)97-78(87)96-68/h10-11,17-18,21-24,38-39,43,47-51,61,73-75,90,94,111,114-115H,8-9,12-16,19-20,25-37,40-42,44-46H2,1-7H3,(H,88,109)(H,92,107)(H,95,108)(H,98,112)(H,99,113)(H4,85,86,89)(H3,87,91,96,97,110)/t48-,49+,50-,51+,61-,73-,74+,75+,80-,81+,82-,83+,84-/m0/s1. The number of hydrazine groups is 1. The number of ether oxygens (including phenoxy) is 3. The number of nitrogens with one attached hydrogen (secondary N) is 8. The third kappa shape index (κ3) is 18.7. The van der Waals surface area contributed by atoms with Crippen LogP contribution in [0.25, 0.3) is 22.1 Å². The number of aromatic amines is 2. The summed E-state index contributed by atoms with van der Waals surface area (Å²) in [6.07, 6.45) is 4.19. The zero-order valence-corrected chi connectivity index (χ0v) is 70.8. The van der Waals surface area contributed by atoms with Gasteiger partial charge in [-0.05, 0) is 151 Å². The molecule has 8 heterocycles. The van der Waals surface area contributed by atoms with E-state index in [0.717, 1.165) is 39.8 Å². The third-order valence-corrected chi connectivity index (χ3v) is 28.0. The molecule has 1 spiro atoms. The first kappa shape index (κ1) is 89.3. The van der Waals surface area contributed by atoms with Gasteiger partial charge >= 0.3 is 6.09 Å². The van der Waals surface area contributed by atoms with Gasteiger partial charge in [0.1, 0.15) is 30.9 Å². The number of piperidine rings is 2. The number of carbonyl (C=O) groups excluding carboxylic acids is 9. The summed E-state index contributed by atoms with van der Waals surface area (Å²) >= 11 is 0. The normalized spacial score (nSPS) is 25.0. The van der Waals surface area contributed by atoms with Gasteiger partial charge in [-0.1, -0.05) is 67.5 Å². The van der Waals surface area contributed by atoms with E-state index in [9.17, 15) is 58.5 Å². The second-order valence-corrected chi connectivity index (χ2v) is 35.9. The van der Waals surface area contributed by atoms with Gasteiger partial charge in [0.15, 0.2) is 34.3 Å². The molecule has 12 rings (SSSR count). The number of guanidine groups is 1. The molecule has 5 aliphatic heterocycles. The molecular formula is C84H114N18O16S2. The number of likely N-dealkylation sites (N-methyl/N-ethyl adjacent to an activating group) is 1. The van der Waals surface area contributed by atoms with Crippen LogP contribution < -0.4 is 64.5 Å². The second-order valence-electron chi connectivity index (χ2n) is 33.2. The minimum absolute atomic E-state index is 0.0516. The number of hydrogen-bond acceptors (Lipinski definition) is 27. The van der Waals surface area contributed by atoms with Gasteiger partial charge in [-0.3, -0.25) is 68.4 Å². The minimum atomic E-state index is -2.53. The van der Waals surface area contributed by atoms with Gasteiger partial charge in [-0.2, -0.15) is 4.98 Å². The van der Waals surface area contributed by atoms with Crippen molar-refractivity contribution in [3.05, 3.63) is 111 Å². The largest absolute Gasteiger partial charge is 0.496 e. The molecule has 36 heteroatoms. The number of ketones is 3. The molecule has 3 aromatic heterocycles. The average molecular weight is 1700 g/mol. The molecule has 3 saturated heterocycles. The molecule has 1 unspecified atom stereocenters. The quantitative estimate of drug-likeness (QED) is 0.00627. The lowest BCUT2D eigenvalue weighted by Crippen LogP contribution is -2.82. The highest BCUT2D eigenvalue weighted by molar-refractivity contribution is 8.76. The lowest BCUT2D eigenvalue weighted by atomic mass is 9.46. The molecule has 3 aromatic carbocycles. The SMILES string of the molecule is CC[C@]1(O)C[C@H]2CN(CCc3c([nH]c4ccccc34)[C@@](COC=O)(c3cc4c(cc3OC)N(C)[C@H]3[C@@](O)(C(=O)NNC(=O)OCCSSCCCC(=O)[C@H](C)NC(=O)[C@H](C)CC(=O)[C@H](CCCN=C(N)N)NC(=O)[C@@H](C)CC(=O)CCCNC(=O)c5ccc(NCc6cnc7nc(N)[nH]c(=O)c7n6)cc5)[C@H](O)[C@]5(CC)CCCN6CC[C@]43[C@@H]65)C2)C1. The first-order valence-corrected chi connectivity index (χ1v) is 44.0. The Labute approximate surface area is 704 Å². The van der Waals surface area contributed by atoms with Crippen molar-refractivity contribution in [3.8, 4) is 5.75 Å². The number of hydrogen-bond donors (Lipinski definition) is 14. The number of amides is 5. The zero-order valence-electron chi connectivity index (χ0n) is 69.2. The Morgan fingerprint density at radius 1 is 0.842 bits per heavy atom. The van der Waals surface area contributed by atoms with Crippen molar-refractivity contribution in [2.24, 2.45) is 39.6 Å². The fourth-order valence-corrected chi connectivity index (χ4v) is 21.8. The number of aromatic nitrogens is 5. The lowest BCUT2D eigenvalue weighted by molar-refractivity contribution is -0.222. The number of aliphatic hydroxyl groups is 3. The van der Waals surface area contributed by atoms with E-state index in [-0.39, 0.29) is 117 Å². The summed E-state index contributed by atoms with van der Waals surface area (Å²) in [4.78, 5) is 163. The van der Waals surface area contributed by atoms with E-state index in [0.29, 0.717) is 143 Å². The van der Waals surface area contributed by atoms with Crippen LogP contribution in [0.3, 0.4) is 0 Å². The summed E-state index contributed by atoms with van der Waals surface area (Å²) < 4.78 is 18.0. The Bertz CT molecular complexity index is 4880. The summed E-state index contributed by atoms with van der Waals surface area (Å²) in [5.74, 6) is -4.02. The lowest BCUT2D eigenvalue weighted by Gasteiger charge is -2.64. The topological polar surface area (TPSA) is 502 Å². The Kier molecular flexibility index (Phi) is 28.6. The monoisotopic (exact) mass is 1690 g/mol. The molecular weight excluding hydrogens is 1580 g/mol. The molecule has 648 valence electrons. The van der Waals surface area contributed by atoms with Gasteiger partial charge < -0.3 is 77.9 Å². The number of aliphatic hydroxyl groups excluding tert-OH is 1. The molecule has 2 bridgehead atoms. The van der Waals surface area contributed by atoms with E-state index in [2.05, 4.69) is 90.0 Å². The van der Waals surface area contributed by atoms with E-state index >= 15 is 4.79 Å². The maximum atomic E-state index is 15.3. The van der Waals surface area contributed by atoms with E-state index in [1.54, 1.807) is 52.1 Å². The molecule has 14 atom stereocenters. The highest BCUT2D eigenvalue weighted by Gasteiger charge is 2.79. The number of Topliss-reactive ketones (excluding diaryl/α,β-unsaturated/α-hetero) is 3. The molecule has 120 heavy (non-hydrogen) atoms. The molecule has 1 aliphatic carbocycles. The third-order valence-electron chi connectivity index (χ3n) is 25.5.